The van der Waals surface area contributed by atoms with Crippen molar-refractivity contribution in [3.05, 3.63) is 58.6 Å². The highest BCUT2D eigenvalue weighted by atomic mass is 79.9. The molecule has 2 rings (SSSR count). The van der Waals surface area contributed by atoms with Gasteiger partial charge in [-0.3, -0.25) is 0 Å². The molecule has 0 aliphatic heterocycles. The van der Waals surface area contributed by atoms with Crippen LogP contribution in [0.1, 0.15) is 5.56 Å². The molecular formula is C14H10BrF3O2. The van der Waals surface area contributed by atoms with Crippen molar-refractivity contribution in [3.8, 4) is 11.5 Å². The lowest BCUT2D eigenvalue weighted by molar-refractivity contribution is -0.274. The lowest BCUT2D eigenvalue weighted by Gasteiger charge is -2.12. The smallest absolute Gasteiger partial charge is 0.489 e. The van der Waals surface area contributed by atoms with Gasteiger partial charge in [0.15, 0.2) is 0 Å². The van der Waals surface area contributed by atoms with E-state index in [9.17, 15) is 13.2 Å². The second kappa shape index (κ2) is 6.17. The highest BCUT2D eigenvalue weighted by Crippen LogP contribution is 2.30. The molecule has 2 nitrogen and oxygen atoms in total. The fraction of sp³-hybridized carbons (Fsp3) is 0.143. The van der Waals surface area contributed by atoms with Crippen LogP contribution in [0.25, 0.3) is 0 Å². The van der Waals surface area contributed by atoms with Gasteiger partial charge in [0.2, 0.25) is 0 Å². The maximum atomic E-state index is 12.2. The molecule has 0 N–H and O–H groups in total. The van der Waals surface area contributed by atoms with Crippen LogP contribution in [0.2, 0.25) is 0 Å². The largest absolute Gasteiger partial charge is 0.573 e. The van der Waals surface area contributed by atoms with E-state index in [1.54, 1.807) is 6.07 Å². The van der Waals surface area contributed by atoms with Gasteiger partial charge in [0.1, 0.15) is 18.1 Å². The molecule has 0 aliphatic rings. The Morgan fingerprint density at radius 2 is 1.60 bits per heavy atom. The van der Waals surface area contributed by atoms with Crippen molar-refractivity contribution < 1.29 is 22.6 Å². The second-order valence-electron chi connectivity index (χ2n) is 3.94. The Morgan fingerprint density at radius 1 is 0.950 bits per heavy atom. The van der Waals surface area contributed by atoms with Gasteiger partial charge in [-0.1, -0.05) is 46.3 Å². The van der Waals surface area contributed by atoms with E-state index in [0.29, 0.717) is 10.2 Å². The number of alkyl halides is 3. The van der Waals surface area contributed by atoms with Crippen molar-refractivity contribution >= 4 is 15.9 Å². The molecule has 2 aromatic rings. The zero-order chi connectivity index (χ0) is 14.6. The Bertz CT molecular complexity index is 570. The van der Waals surface area contributed by atoms with Crippen LogP contribution in [0.5, 0.6) is 11.5 Å². The molecule has 6 heteroatoms. The summed E-state index contributed by atoms with van der Waals surface area (Å²) in [7, 11) is 0. The van der Waals surface area contributed by atoms with E-state index in [1.807, 2.05) is 30.3 Å². The second-order valence-corrected chi connectivity index (χ2v) is 4.86. The van der Waals surface area contributed by atoms with Crippen LogP contribution in [0.3, 0.4) is 0 Å². The molecule has 0 saturated heterocycles. The number of hydrogen-bond acceptors (Lipinski definition) is 2. The van der Waals surface area contributed by atoms with Crippen molar-refractivity contribution in [1.82, 2.24) is 0 Å². The third-order valence-electron chi connectivity index (χ3n) is 2.33. The monoisotopic (exact) mass is 346 g/mol. The highest BCUT2D eigenvalue weighted by Gasteiger charge is 2.31. The minimum absolute atomic E-state index is 0.267. The molecule has 0 unspecified atom stereocenters. The molecule has 0 aliphatic carbocycles. The Hall–Kier alpha value is -1.69. The van der Waals surface area contributed by atoms with Crippen LogP contribution in [0.15, 0.2) is 53.0 Å². The average Bonchev–Trinajstić information content (AvgIpc) is 2.35. The summed E-state index contributed by atoms with van der Waals surface area (Å²) < 4.78 is 46.3. The normalized spacial score (nSPS) is 11.2. The Morgan fingerprint density at radius 3 is 2.25 bits per heavy atom. The first-order chi connectivity index (χ1) is 9.42. The van der Waals surface area contributed by atoms with E-state index >= 15 is 0 Å². The first kappa shape index (κ1) is 14.7. The maximum absolute atomic E-state index is 12.2. The molecule has 2 aromatic carbocycles. The van der Waals surface area contributed by atoms with E-state index in [4.69, 9.17) is 4.74 Å². The van der Waals surface area contributed by atoms with Crippen molar-refractivity contribution in [2.45, 2.75) is 13.0 Å². The zero-order valence-electron chi connectivity index (χ0n) is 10.2. The average molecular weight is 347 g/mol. The molecule has 20 heavy (non-hydrogen) atoms. The van der Waals surface area contributed by atoms with Crippen LogP contribution in [0.4, 0.5) is 13.2 Å². The maximum Gasteiger partial charge on any atom is 0.573 e. The van der Waals surface area contributed by atoms with Gasteiger partial charge in [0, 0.05) is 10.5 Å². The molecular weight excluding hydrogens is 337 g/mol. The van der Waals surface area contributed by atoms with Gasteiger partial charge in [-0.2, -0.15) is 0 Å². The van der Waals surface area contributed by atoms with E-state index in [2.05, 4.69) is 20.7 Å². The number of halogens is 4. The number of ether oxygens (including phenoxy) is 2. The lowest BCUT2D eigenvalue weighted by atomic mass is 10.2. The van der Waals surface area contributed by atoms with Crippen molar-refractivity contribution in [2.75, 3.05) is 0 Å². The molecule has 0 bridgehead atoms. The van der Waals surface area contributed by atoms with Gasteiger partial charge in [0.25, 0.3) is 0 Å². The molecule has 106 valence electrons. The van der Waals surface area contributed by atoms with Gasteiger partial charge in [-0.25, -0.2) is 0 Å². The minimum Gasteiger partial charge on any atom is -0.489 e. The van der Waals surface area contributed by atoms with E-state index in [-0.39, 0.29) is 12.4 Å². The summed E-state index contributed by atoms with van der Waals surface area (Å²) in [5, 5.41) is 0. The topological polar surface area (TPSA) is 18.5 Å². The van der Waals surface area contributed by atoms with Crippen LogP contribution < -0.4 is 9.47 Å². The van der Waals surface area contributed by atoms with Crippen LogP contribution in [-0.2, 0) is 6.61 Å². The van der Waals surface area contributed by atoms with E-state index in [1.165, 1.54) is 12.1 Å². The SMILES string of the molecule is FC(F)(F)Oc1cc(Br)cc(OCc2ccccc2)c1. The lowest BCUT2D eigenvalue weighted by Crippen LogP contribution is -2.17. The zero-order valence-corrected chi connectivity index (χ0v) is 11.7. The van der Waals surface area contributed by atoms with Crippen molar-refractivity contribution in [3.63, 3.8) is 0 Å². The third kappa shape index (κ3) is 4.77. The van der Waals surface area contributed by atoms with Gasteiger partial charge < -0.3 is 9.47 Å². The predicted octanol–water partition coefficient (Wildman–Crippen LogP) is 4.93. The fourth-order valence-corrected chi connectivity index (χ4v) is 2.01. The molecule has 0 aromatic heterocycles. The Balaban J connectivity index is 2.08. The predicted molar refractivity (Wildman–Crippen MR) is 71.6 cm³/mol. The number of benzene rings is 2. The molecule has 0 amide bonds. The molecule has 0 saturated carbocycles. The molecule has 0 atom stereocenters. The summed E-state index contributed by atoms with van der Waals surface area (Å²) >= 11 is 3.12. The summed E-state index contributed by atoms with van der Waals surface area (Å²) in [6.07, 6.45) is -4.72. The van der Waals surface area contributed by atoms with Gasteiger partial charge >= 0.3 is 6.36 Å². The van der Waals surface area contributed by atoms with E-state index in [0.717, 1.165) is 5.56 Å². The first-order valence-corrected chi connectivity index (χ1v) is 6.45. The molecule has 0 spiro atoms. The van der Waals surface area contributed by atoms with E-state index < -0.39 is 6.36 Å². The minimum atomic E-state index is -4.72. The first-order valence-electron chi connectivity index (χ1n) is 5.65. The number of rotatable bonds is 4. The third-order valence-corrected chi connectivity index (χ3v) is 2.78. The number of hydrogen-bond donors (Lipinski definition) is 0. The summed E-state index contributed by atoms with van der Waals surface area (Å²) in [6.45, 7) is 0.267. The van der Waals surface area contributed by atoms with Crippen LogP contribution in [0, 0.1) is 0 Å². The van der Waals surface area contributed by atoms with Crippen molar-refractivity contribution in [1.29, 1.82) is 0 Å². The summed E-state index contributed by atoms with van der Waals surface area (Å²) in [5.74, 6) is -0.0302. The Labute approximate surface area is 122 Å². The van der Waals surface area contributed by atoms with Gasteiger partial charge in [0.05, 0.1) is 0 Å². The summed E-state index contributed by atoms with van der Waals surface area (Å²) in [5.41, 5.74) is 0.922. The van der Waals surface area contributed by atoms with Crippen LogP contribution >= 0.6 is 15.9 Å². The van der Waals surface area contributed by atoms with Crippen LogP contribution in [-0.4, -0.2) is 6.36 Å². The standard InChI is InChI=1S/C14H10BrF3O2/c15-11-6-12(8-13(7-11)20-14(16,17)18)19-9-10-4-2-1-3-5-10/h1-8H,9H2. The molecule has 0 fully saturated rings. The summed E-state index contributed by atoms with van der Waals surface area (Å²) in [6, 6.07) is 13.3. The Kier molecular flexibility index (Phi) is 4.54. The molecule has 0 radical (unpaired) electrons. The summed E-state index contributed by atoms with van der Waals surface area (Å²) in [4.78, 5) is 0. The van der Waals surface area contributed by atoms with Gasteiger partial charge in [-0.15, -0.1) is 13.2 Å². The molecule has 0 heterocycles. The fourth-order valence-electron chi connectivity index (χ4n) is 1.55. The van der Waals surface area contributed by atoms with Crippen molar-refractivity contribution in [2.24, 2.45) is 0 Å². The highest BCUT2D eigenvalue weighted by molar-refractivity contribution is 9.10. The van der Waals surface area contributed by atoms with Gasteiger partial charge in [-0.05, 0) is 17.7 Å². The quantitative estimate of drug-likeness (QED) is 0.781.